The van der Waals surface area contributed by atoms with E-state index in [9.17, 15) is 9.59 Å². The summed E-state index contributed by atoms with van der Waals surface area (Å²) in [6, 6.07) is -1.50. The first kappa shape index (κ1) is 19.1. The third-order valence-corrected chi connectivity index (χ3v) is 3.67. The molecule has 5 N–H and O–H groups in total. The number of rotatable bonds is 8. The van der Waals surface area contributed by atoms with Crippen LogP contribution in [0.2, 0.25) is 0 Å². The molecule has 118 valence electrons. The summed E-state index contributed by atoms with van der Waals surface area (Å²) in [4.78, 5) is 23.2. The van der Waals surface area contributed by atoms with Crippen molar-refractivity contribution in [2.75, 3.05) is 18.6 Å². The van der Waals surface area contributed by atoms with Gasteiger partial charge in [-0.3, -0.25) is 4.79 Å². The highest BCUT2D eigenvalue weighted by Gasteiger charge is 2.28. The number of thioether (sulfide) groups is 1. The van der Waals surface area contributed by atoms with Crippen molar-refractivity contribution in [2.45, 2.75) is 45.7 Å². The van der Waals surface area contributed by atoms with Crippen LogP contribution in [0.3, 0.4) is 0 Å². The fourth-order valence-electron chi connectivity index (χ4n) is 1.80. The second kappa shape index (κ2) is 9.07. The number of hydrogen-bond donors (Lipinski definition) is 4. The van der Waals surface area contributed by atoms with Crippen LogP contribution in [0.25, 0.3) is 0 Å². The fourth-order valence-corrected chi connectivity index (χ4v) is 2.27. The van der Waals surface area contributed by atoms with Gasteiger partial charge in [-0.2, -0.15) is 11.8 Å². The van der Waals surface area contributed by atoms with Crippen LogP contribution in [0.1, 0.15) is 33.6 Å². The molecular weight excluding hydrogens is 278 g/mol. The minimum atomic E-state index is -0.708. The van der Waals surface area contributed by atoms with Gasteiger partial charge in [0.15, 0.2) is 0 Å². The maximum Gasteiger partial charge on any atom is 0.312 e. The Balaban J connectivity index is 4.73. The molecule has 0 spiro atoms. The molecule has 3 amide bonds. The average Bonchev–Trinajstić information content (AvgIpc) is 2.32. The molecule has 0 aliphatic rings. The molecule has 2 atom stereocenters. The lowest BCUT2D eigenvalue weighted by Crippen LogP contribution is -2.54. The van der Waals surface area contributed by atoms with Gasteiger partial charge in [0.05, 0.1) is 0 Å². The number of nitrogens with one attached hydrogen (secondary N) is 2. The van der Waals surface area contributed by atoms with Crippen molar-refractivity contribution < 1.29 is 14.7 Å². The molecule has 0 saturated carbocycles. The quantitative estimate of drug-likeness (QED) is 0.529. The van der Waals surface area contributed by atoms with Gasteiger partial charge >= 0.3 is 6.03 Å². The van der Waals surface area contributed by atoms with Gasteiger partial charge in [0.2, 0.25) is 5.91 Å². The Hall–Kier alpha value is -0.950. The zero-order chi connectivity index (χ0) is 15.8. The Bertz CT molecular complexity index is 318. The Morgan fingerprint density at radius 1 is 1.25 bits per heavy atom. The molecule has 0 heterocycles. The third-order valence-electron chi connectivity index (χ3n) is 3.02. The maximum atomic E-state index is 12.2. The third kappa shape index (κ3) is 7.59. The number of hydrogen-bond acceptors (Lipinski definition) is 4. The minimum Gasteiger partial charge on any atom is -0.396 e. The Morgan fingerprint density at radius 3 is 2.25 bits per heavy atom. The molecule has 0 rings (SSSR count). The minimum absolute atomic E-state index is 0.000936. The number of primary amides is 1. The van der Waals surface area contributed by atoms with E-state index in [2.05, 4.69) is 10.6 Å². The van der Waals surface area contributed by atoms with E-state index in [4.69, 9.17) is 10.8 Å². The van der Waals surface area contributed by atoms with E-state index in [1.54, 1.807) is 11.8 Å². The van der Waals surface area contributed by atoms with Gasteiger partial charge in [-0.05, 0) is 30.3 Å². The first-order chi connectivity index (χ1) is 9.22. The molecule has 6 nitrogen and oxygen atoms in total. The molecule has 0 saturated heterocycles. The predicted molar refractivity (Wildman–Crippen MR) is 82.6 cm³/mol. The summed E-state index contributed by atoms with van der Waals surface area (Å²) in [5.74, 6) is 0.490. The number of carbonyl (C=O) groups excluding carboxylic acids is 2. The van der Waals surface area contributed by atoms with E-state index in [-0.39, 0.29) is 24.0 Å². The zero-order valence-electron chi connectivity index (χ0n) is 12.7. The monoisotopic (exact) mass is 305 g/mol. The number of amides is 3. The van der Waals surface area contributed by atoms with Crippen molar-refractivity contribution in [3.8, 4) is 0 Å². The highest BCUT2D eigenvalue weighted by atomic mass is 32.2. The summed E-state index contributed by atoms with van der Waals surface area (Å²) in [6.45, 7) is 5.98. The lowest BCUT2D eigenvalue weighted by molar-refractivity contribution is -0.124. The summed E-state index contributed by atoms with van der Waals surface area (Å²) in [5, 5.41) is 14.5. The average molecular weight is 305 g/mol. The van der Waals surface area contributed by atoms with E-state index in [0.717, 1.165) is 5.75 Å². The van der Waals surface area contributed by atoms with Gasteiger partial charge in [0, 0.05) is 12.6 Å². The van der Waals surface area contributed by atoms with Crippen molar-refractivity contribution in [3.05, 3.63) is 0 Å². The van der Waals surface area contributed by atoms with Crippen molar-refractivity contribution in [2.24, 2.45) is 11.1 Å². The van der Waals surface area contributed by atoms with Crippen molar-refractivity contribution in [3.63, 3.8) is 0 Å². The fraction of sp³-hybridized carbons (Fsp3) is 0.846. The smallest absolute Gasteiger partial charge is 0.312 e. The molecule has 0 aromatic rings. The van der Waals surface area contributed by atoms with E-state index in [1.807, 2.05) is 27.0 Å². The van der Waals surface area contributed by atoms with Gasteiger partial charge < -0.3 is 21.5 Å². The molecule has 2 unspecified atom stereocenters. The molecule has 0 aliphatic carbocycles. The molecule has 0 aromatic carbocycles. The van der Waals surface area contributed by atoms with E-state index < -0.39 is 12.1 Å². The molecule has 0 aromatic heterocycles. The van der Waals surface area contributed by atoms with Crippen LogP contribution in [-0.2, 0) is 4.79 Å². The lowest BCUT2D eigenvalue weighted by Gasteiger charge is -2.32. The lowest BCUT2D eigenvalue weighted by atomic mass is 9.84. The first-order valence-corrected chi connectivity index (χ1v) is 8.08. The second-order valence-electron chi connectivity index (χ2n) is 5.78. The Labute approximate surface area is 125 Å². The van der Waals surface area contributed by atoms with Gasteiger partial charge in [0.25, 0.3) is 0 Å². The van der Waals surface area contributed by atoms with E-state index in [0.29, 0.717) is 12.8 Å². The number of carbonyl (C=O) groups is 2. The van der Waals surface area contributed by atoms with Gasteiger partial charge in [0.1, 0.15) is 6.04 Å². The van der Waals surface area contributed by atoms with Crippen LogP contribution >= 0.6 is 11.8 Å². The Kier molecular flexibility index (Phi) is 8.64. The normalized spacial score (nSPS) is 14.4. The first-order valence-electron chi connectivity index (χ1n) is 6.68. The number of aliphatic hydroxyl groups is 1. The summed E-state index contributed by atoms with van der Waals surface area (Å²) in [5.41, 5.74) is 4.93. The van der Waals surface area contributed by atoms with Crippen molar-refractivity contribution in [1.82, 2.24) is 10.6 Å². The highest BCUT2D eigenvalue weighted by Crippen LogP contribution is 2.21. The summed E-state index contributed by atoms with van der Waals surface area (Å²) in [6.07, 6.45) is 2.93. The summed E-state index contributed by atoms with van der Waals surface area (Å²) in [7, 11) is 0. The van der Waals surface area contributed by atoms with E-state index >= 15 is 0 Å². The molecule has 0 aliphatic heterocycles. The van der Waals surface area contributed by atoms with Crippen LogP contribution < -0.4 is 16.4 Å². The SMILES string of the molecule is CSCCC(NC(N)=O)C(=O)NC(CCO)C(C)(C)C. The zero-order valence-corrected chi connectivity index (χ0v) is 13.5. The van der Waals surface area contributed by atoms with Gasteiger partial charge in [-0.25, -0.2) is 4.79 Å². The van der Waals surface area contributed by atoms with Gasteiger partial charge in [-0.1, -0.05) is 20.8 Å². The number of nitrogens with two attached hydrogens (primary N) is 1. The van der Waals surface area contributed by atoms with Crippen LogP contribution in [0.4, 0.5) is 4.79 Å². The Morgan fingerprint density at radius 2 is 1.85 bits per heavy atom. The van der Waals surface area contributed by atoms with Crippen LogP contribution in [-0.4, -0.2) is 47.7 Å². The van der Waals surface area contributed by atoms with Crippen molar-refractivity contribution >= 4 is 23.7 Å². The van der Waals surface area contributed by atoms with Gasteiger partial charge in [-0.15, -0.1) is 0 Å². The maximum absolute atomic E-state index is 12.2. The largest absolute Gasteiger partial charge is 0.396 e. The topological polar surface area (TPSA) is 104 Å². The highest BCUT2D eigenvalue weighted by molar-refractivity contribution is 7.98. The number of aliphatic hydroxyl groups excluding tert-OH is 1. The van der Waals surface area contributed by atoms with Crippen molar-refractivity contribution in [1.29, 1.82) is 0 Å². The molecule has 0 radical (unpaired) electrons. The summed E-state index contributed by atoms with van der Waals surface area (Å²) < 4.78 is 0. The predicted octanol–water partition coefficient (Wildman–Crippen LogP) is 0.690. The molecule has 0 fully saturated rings. The van der Waals surface area contributed by atoms with Crippen LogP contribution in [0, 0.1) is 5.41 Å². The standard InChI is InChI=1S/C13H27N3O3S/c1-13(2,3)10(5-7-17)16-11(18)9(6-8-20-4)15-12(14)19/h9-10,17H,5-8H2,1-4H3,(H,16,18)(H3,14,15,19). The van der Waals surface area contributed by atoms with E-state index in [1.165, 1.54) is 0 Å². The van der Waals surface area contributed by atoms with Crippen LogP contribution in [0.15, 0.2) is 0 Å². The summed E-state index contributed by atoms with van der Waals surface area (Å²) >= 11 is 1.60. The molecular formula is C13H27N3O3S. The molecule has 20 heavy (non-hydrogen) atoms. The second-order valence-corrected chi connectivity index (χ2v) is 6.77. The van der Waals surface area contributed by atoms with Crippen LogP contribution in [0.5, 0.6) is 0 Å². The number of urea groups is 1. The molecule has 7 heteroatoms. The molecule has 0 bridgehead atoms.